The molecular formula is C13H15N5O3S. The van der Waals surface area contributed by atoms with Crippen molar-refractivity contribution in [1.82, 2.24) is 14.9 Å². The first kappa shape index (κ1) is 16.0. The van der Waals surface area contributed by atoms with E-state index in [0.717, 1.165) is 5.75 Å². The van der Waals surface area contributed by atoms with Crippen molar-refractivity contribution in [3.8, 4) is 0 Å². The minimum absolute atomic E-state index is 0.0868. The average molecular weight is 321 g/mol. The molecule has 0 aliphatic carbocycles. The summed E-state index contributed by atoms with van der Waals surface area (Å²) in [7, 11) is 0. The summed E-state index contributed by atoms with van der Waals surface area (Å²) < 4.78 is 1.48. The van der Waals surface area contributed by atoms with Gasteiger partial charge < -0.3 is 0 Å². The summed E-state index contributed by atoms with van der Waals surface area (Å²) in [6, 6.07) is 4.40. The van der Waals surface area contributed by atoms with Crippen LogP contribution < -0.4 is 5.43 Å². The van der Waals surface area contributed by atoms with Gasteiger partial charge in [-0.25, -0.2) is 4.68 Å². The molecule has 0 atom stereocenters. The first-order valence-electron chi connectivity index (χ1n) is 6.55. The Labute approximate surface area is 131 Å². The van der Waals surface area contributed by atoms with Crippen LogP contribution in [-0.2, 0) is 0 Å². The van der Waals surface area contributed by atoms with E-state index in [1.807, 2.05) is 6.92 Å². The summed E-state index contributed by atoms with van der Waals surface area (Å²) in [6.07, 6.45) is 0. The number of nitrogens with zero attached hydrogens (tertiary/aromatic N) is 4. The average Bonchev–Trinajstić information content (AvgIpc) is 2.80. The second-order valence-electron chi connectivity index (χ2n) is 4.45. The molecule has 22 heavy (non-hydrogen) atoms. The van der Waals surface area contributed by atoms with E-state index in [-0.39, 0.29) is 11.3 Å². The van der Waals surface area contributed by atoms with Crippen LogP contribution in [0.1, 0.15) is 28.7 Å². The molecular weight excluding hydrogens is 306 g/mol. The second-order valence-corrected chi connectivity index (χ2v) is 5.68. The molecule has 8 nitrogen and oxygen atoms in total. The quantitative estimate of drug-likeness (QED) is 0.515. The third-order valence-corrected chi connectivity index (χ3v) is 3.84. The minimum atomic E-state index is -0.505. The van der Waals surface area contributed by atoms with Crippen LogP contribution in [0.4, 0.5) is 5.69 Å². The maximum absolute atomic E-state index is 12.4. The molecule has 2 rings (SSSR count). The number of nitro benzene ring substituents is 1. The smallest absolute Gasteiger partial charge is 0.267 e. The van der Waals surface area contributed by atoms with E-state index in [4.69, 9.17) is 0 Å². The number of nitrogens with one attached hydrogen (secondary N) is 1. The standard InChI is InChI=1S/C13H15N5O3S/c1-4-22-13-15-14-9(3)17(13)16-12(19)10-6-5-7-11(8(10)2)18(20)21/h5-7H,4H2,1-3H3,(H,16,19). The Hall–Kier alpha value is -2.42. The fourth-order valence-corrected chi connectivity index (χ4v) is 2.59. The van der Waals surface area contributed by atoms with Crippen molar-refractivity contribution in [3.05, 3.63) is 45.3 Å². The molecule has 0 spiro atoms. The molecule has 1 N–H and O–H groups in total. The molecule has 1 heterocycles. The highest BCUT2D eigenvalue weighted by Crippen LogP contribution is 2.22. The topological polar surface area (TPSA) is 103 Å². The first-order valence-corrected chi connectivity index (χ1v) is 7.54. The van der Waals surface area contributed by atoms with Crippen LogP contribution in [0, 0.1) is 24.0 Å². The van der Waals surface area contributed by atoms with Crippen molar-refractivity contribution in [2.24, 2.45) is 0 Å². The molecule has 0 bridgehead atoms. The Morgan fingerprint density at radius 1 is 1.41 bits per heavy atom. The highest BCUT2D eigenvalue weighted by atomic mass is 32.2. The molecule has 0 fully saturated rings. The van der Waals surface area contributed by atoms with Crippen LogP contribution in [0.5, 0.6) is 0 Å². The van der Waals surface area contributed by atoms with Gasteiger partial charge in [-0.05, 0) is 25.7 Å². The predicted octanol–water partition coefficient (Wildman–Crippen LogP) is 2.30. The zero-order valence-corrected chi connectivity index (χ0v) is 13.2. The third kappa shape index (κ3) is 3.08. The Balaban J connectivity index is 2.33. The number of aromatic nitrogens is 3. The summed E-state index contributed by atoms with van der Waals surface area (Å²) in [5.41, 5.74) is 3.15. The molecule has 1 aromatic carbocycles. The molecule has 1 aromatic heterocycles. The molecule has 116 valence electrons. The Morgan fingerprint density at radius 3 is 2.77 bits per heavy atom. The van der Waals surface area contributed by atoms with Gasteiger partial charge in [0.05, 0.1) is 10.5 Å². The van der Waals surface area contributed by atoms with E-state index in [1.165, 1.54) is 28.6 Å². The van der Waals surface area contributed by atoms with Crippen molar-refractivity contribution in [2.45, 2.75) is 25.9 Å². The van der Waals surface area contributed by atoms with Crippen molar-refractivity contribution >= 4 is 23.4 Å². The number of nitro groups is 1. The van der Waals surface area contributed by atoms with Gasteiger partial charge in [0.15, 0.2) is 0 Å². The van der Waals surface area contributed by atoms with Gasteiger partial charge >= 0.3 is 0 Å². The number of aryl methyl sites for hydroxylation is 1. The lowest BCUT2D eigenvalue weighted by Crippen LogP contribution is -2.25. The molecule has 0 saturated carbocycles. The number of rotatable bonds is 5. The number of carbonyl (C=O) groups is 1. The molecule has 0 aliphatic heterocycles. The van der Waals surface area contributed by atoms with E-state index in [2.05, 4.69) is 15.6 Å². The molecule has 0 radical (unpaired) electrons. The van der Waals surface area contributed by atoms with Crippen molar-refractivity contribution in [2.75, 3.05) is 11.2 Å². The van der Waals surface area contributed by atoms with Gasteiger partial charge in [-0.3, -0.25) is 20.3 Å². The number of hydrogen-bond acceptors (Lipinski definition) is 6. The van der Waals surface area contributed by atoms with Crippen LogP contribution in [-0.4, -0.2) is 31.5 Å². The van der Waals surface area contributed by atoms with Crippen LogP contribution in [0.15, 0.2) is 23.4 Å². The minimum Gasteiger partial charge on any atom is -0.267 e. The molecule has 0 saturated heterocycles. The van der Waals surface area contributed by atoms with Crippen LogP contribution in [0.2, 0.25) is 0 Å². The molecule has 0 aliphatic rings. The normalized spacial score (nSPS) is 10.5. The monoisotopic (exact) mass is 321 g/mol. The summed E-state index contributed by atoms with van der Waals surface area (Å²) >= 11 is 1.44. The van der Waals surface area contributed by atoms with E-state index in [9.17, 15) is 14.9 Å². The largest absolute Gasteiger partial charge is 0.273 e. The summed E-state index contributed by atoms with van der Waals surface area (Å²) in [6.45, 7) is 5.23. The molecule has 1 amide bonds. The number of hydrogen-bond donors (Lipinski definition) is 1. The fourth-order valence-electron chi connectivity index (χ4n) is 1.92. The van der Waals surface area contributed by atoms with Gasteiger partial charge in [-0.15, -0.1) is 10.2 Å². The summed E-state index contributed by atoms with van der Waals surface area (Å²) in [4.78, 5) is 22.8. The van der Waals surface area contributed by atoms with Gasteiger partial charge in [0.25, 0.3) is 11.6 Å². The molecule has 0 unspecified atom stereocenters. The number of amides is 1. The molecule has 2 aromatic rings. The van der Waals surface area contributed by atoms with Crippen LogP contribution in [0.25, 0.3) is 0 Å². The lowest BCUT2D eigenvalue weighted by molar-refractivity contribution is -0.385. The SMILES string of the molecule is CCSc1nnc(C)n1NC(=O)c1cccc([N+](=O)[O-])c1C. The van der Waals surface area contributed by atoms with Gasteiger partial charge in [-0.1, -0.05) is 24.8 Å². The first-order chi connectivity index (χ1) is 10.5. The van der Waals surface area contributed by atoms with Crippen LogP contribution >= 0.6 is 11.8 Å². The maximum atomic E-state index is 12.4. The highest BCUT2D eigenvalue weighted by Gasteiger charge is 2.19. The highest BCUT2D eigenvalue weighted by molar-refractivity contribution is 7.99. The predicted molar refractivity (Wildman–Crippen MR) is 82.7 cm³/mol. The van der Waals surface area contributed by atoms with E-state index >= 15 is 0 Å². The van der Waals surface area contributed by atoms with Crippen molar-refractivity contribution < 1.29 is 9.72 Å². The zero-order valence-electron chi connectivity index (χ0n) is 12.4. The van der Waals surface area contributed by atoms with Gasteiger partial charge in [0, 0.05) is 11.6 Å². The fraction of sp³-hybridized carbons (Fsp3) is 0.308. The van der Waals surface area contributed by atoms with Gasteiger partial charge in [-0.2, -0.15) is 0 Å². The molecule has 9 heteroatoms. The number of benzene rings is 1. The summed E-state index contributed by atoms with van der Waals surface area (Å²) in [5, 5.41) is 19.4. The lowest BCUT2D eigenvalue weighted by atomic mass is 10.1. The third-order valence-electron chi connectivity index (χ3n) is 3.03. The van der Waals surface area contributed by atoms with E-state index in [1.54, 1.807) is 19.9 Å². The Morgan fingerprint density at radius 2 is 2.14 bits per heavy atom. The maximum Gasteiger partial charge on any atom is 0.273 e. The zero-order chi connectivity index (χ0) is 16.3. The number of carbonyl (C=O) groups excluding carboxylic acids is 1. The van der Waals surface area contributed by atoms with Gasteiger partial charge in [0.2, 0.25) is 5.16 Å². The van der Waals surface area contributed by atoms with Crippen molar-refractivity contribution in [3.63, 3.8) is 0 Å². The van der Waals surface area contributed by atoms with E-state index < -0.39 is 10.8 Å². The second kappa shape index (κ2) is 6.56. The Kier molecular flexibility index (Phi) is 4.76. The van der Waals surface area contributed by atoms with Gasteiger partial charge in [0.1, 0.15) is 5.82 Å². The van der Waals surface area contributed by atoms with E-state index in [0.29, 0.717) is 16.5 Å². The van der Waals surface area contributed by atoms with Crippen LogP contribution in [0.3, 0.4) is 0 Å². The Bertz CT molecular complexity index is 728. The number of thioether (sulfide) groups is 1. The summed E-state index contributed by atoms with van der Waals surface area (Å²) in [5.74, 6) is 0.874. The lowest BCUT2D eigenvalue weighted by Gasteiger charge is -2.11. The van der Waals surface area contributed by atoms with Crippen molar-refractivity contribution in [1.29, 1.82) is 0 Å².